The topological polar surface area (TPSA) is 99.2 Å². The van der Waals surface area contributed by atoms with Crippen LogP contribution in [0.5, 0.6) is 0 Å². The molecule has 0 atom stereocenters. The first-order valence-corrected chi connectivity index (χ1v) is 8.84. The van der Waals surface area contributed by atoms with Crippen molar-refractivity contribution in [3.8, 4) is 0 Å². The van der Waals surface area contributed by atoms with Gasteiger partial charge in [0.25, 0.3) is 0 Å². The summed E-state index contributed by atoms with van der Waals surface area (Å²) in [5.74, 6) is 0. The normalized spacial score (nSPS) is 14.3. The fourth-order valence-corrected chi connectivity index (χ4v) is 3.58. The van der Waals surface area contributed by atoms with Gasteiger partial charge in [-0.15, -0.1) is 5.10 Å². The number of hydrogen-bond acceptors (Lipinski definition) is 7. The SMILES string of the molecule is Cn1nnnc1Sc1ccc(N)c2c1CCN(C(=O)OC(C)(C)C)C2. The number of fused-ring (bicyclic) bond motifs is 1. The van der Waals surface area contributed by atoms with E-state index in [1.807, 2.05) is 32.9 Å². The molecule has 0 radical (unpaired) electrons. The summed E-state index contributed by atoms with van der Waals surface area (Å²) in [5.41, 5.74) is 8.45. The van der Waals surface area contributed by atoms with Crippen LogP contribution in [0.4, 0.5) is 10.5 Å². The largest absolute Gasteiger partial charge is 0.444 e. The molecule has 0 fully saturated rings. The molecule has 0 saturated carbocycles. The molecule has 9 heteroatoms. The number of amides is 1. The van der Waals surface area contributed by atoms with Crippen molar-refractivity contribution in [3.05, 3.63) is 23.3 Å². The molecule has 1 aliphatic rings. The second-order valence-electron chi connectivity index (χ2n) is 6.95. The van der Waals surface area contributed by atoms with E-state index in [1.165, 1.54) is 11.8 Å². The van der Waals surface area contributed by atoms with Gasteiger partial charge in [-0.2, -0.15) is 0 Å². The van der Waals surface area contributed by atoms with Crippen LogP contribution in [0, 0.1) is 0 Å². The van der Waals surface area contributed by atoms with Gasteiger partial charge in [-0.1, -0.05) is 0 Å². The van der Waals surface area contributed by atoms with E-state index in [1.54, 1.807) is 16.6 Å². The number of aromatic nitrogens is 4. The summed E-state index contributed by atoms with van der Waals surface area (Å²) in [6, 6.07) is 3.85. The number of carbonyl (C=O) groups is 1. The molecule has 3 rings (SSSR count). The Hall–Kier alpha value is -2.29. The van der Waals surface area contributed by atoms with Gasteiger partial charge in [0.15, 0.2) is 0 Å². The van der Waals surface area contributed by atoms with E-state index in [4.69, 9.17) is 10.5 Å². The van der Waals surface area contributed by atoms with Crippen LogP contribution in [-0.4, -0.2) is 43.3 Å². The van der Waals surface area contributed by atoms with Crippen molar-refractivity contribution in [2.24, 2.45) is 7.05 Å². The van der Waals surface area contributed by atoms with Crippen molar-refractivity contribution in [3.63, 3.8) is 0 Å². The summed E-state index contributed by atoms with van der Waals surface area (Å²) in [6.07, 6.45) is 0.404. The number of nitrogen functional groups attached to an aromatic ring is 1. The highest BCUT2D eigenvalue weighted by Gasteiger charge is 2.28. The van der Waals surface area contributed by atoms with E-state index in [9.17, 15) is 4.79 Å². The lowest BCUT2D eigenvalue weighted by molar-refractivity contribution is 0.0224. The molecule has 0 saturated heterocycles. The number of rotatable bonds is 2. The molecule has 0 aliphatic carbocycles. The second kappa shape index (κ2) is 6.55. The highest BCUT2D eigenvalue weighted by atomic mass is 32.2. The van der Waals surface area contributed by atoms with Crippen molar-refractivity contribution in [1.29, 1.82) is 0 Å². The lowest BCUT2D eigenvalue weighted by atomic mass is 9.98. The van der Waals surface area contributed by atoms with E-state index < -0.39 is 5.60 Å². The Labute approximate surface area is 150 Å². The zero-order chi connectivity index (χ0) is 18.2. The Bertz CT molecular complexity index is 798. The number of anilines is 1. The lowest BCUT2D eigenvalue weighted by Gasteiger charge is -2.32. The molecule has 0 bridgehead atoms. The van der Waals surface area contributed by atoms with Crippen LogP contribution in [0.1, 0.15) is 31.9 Å². The van der Waals surface area contributed by atoms with Crippen molar-refractivity contribution in [2.75, 3.05) is 12.3 Å². The number of hydrogen-bond donors (Lipinski definition) is 1. The molecule has 8 nitrogen and oxygen atoms in total. The van der Waals surface area contributed by atoms with Crippen LogP contribution >= 0.6 is 11.8 Å². The first-order chi connectivity index (χ1) is 11.7. The number of aryl methyl sites for hydroxylation is 1. The van der Waals surface area contributed by atoms with Crippen molar-refractivity contribution >= 4 is 23.5 Å². The fourth-order valence-electron chi connectivity index (χ4n) is 2.65. The van der Waals surface area contributed by atoms with Crippen molar-refractivity contribution in [1.82, 2.24) is 25.1 Å². The Kier molecular flexibility index (Phi) is 4.59. The molecule has 2 N–H and O–H groups in total. The average Bonchev–Trinajstić information content (AvgIpc) is 2.93. The third kappa shape index (κ3) is 3.87. The Morgan fingerprint density at radius 2 is 2.08 bits per heavy atom. The van der Waals surface area contributed by atoms with Crippen molar-refractivity contribution < 1.29 is 9.53 Å². The molecule has 1 amide bonds. The molecule has 2 heterocycles. The van der Waals surface area contributed by atoms with Gasteiger partial charge in [-0.05, 0) is 72.6 Å². The minimum absolute atomic E-state index is 0.312. The first-order valence-electron chi connectivity index (χ1n) is 8.03. The molecule has 1 aromatic heterocycles. The third-order valence-electron chi connectivity index (χ3n) is 3.84. The molecule has 1 aliphatic heterocycles. The smallest absolute Gasteiger partial charge is 0.410 e. The zero-order valence-corrected chi connectivity index (χ0v) is 15.6. The van der Waals surface area contributed by atoms with Gasteiger partial charge in [-0.3, -0.25) is 0 Å². The summed E-state index contributed by atoms with van der Waals surface area (Å²) in [7, 11) is 1.80. The molecule has 1 aromatic carbocycles. The molecular formula is C16H22N6O2S. The Morgan fingerprint density at radius 3 is 2.72 bits per heavy atom. The fraction of sp³-hybridized carbons (Fsp3) is 0.500. The number of nitrogens with zero attached hydrogens (tertiary/aromatic N) is 5. The van der Waals surface area contributed by atoms with Crippen molar-refractivity contribution in [2.45, 2.75) is 49.4 Å². The predicted octanol–water partition coefficient (Wildman–Crippen LogP) is 2.24. The summed E-state index contributed by atoms with van der Waals surface area (Å²) in [6.45, 7) is 6.63. The number of carbonyl (C=O) groups excluding carboxylic acids is 1. The Morgan fingerprint density at radius 1 is 1.32 bits per heavy atom. The van der Waals surface area contributed by atoms with E-state index in [0.717, 1.165) is 16.0 Å². The van der Waals surface area contributed by atoms with Gasteiger partial charge >= 0.3 is 6.09 Å². The summed E-state index contributed by atoms with van der Waals surface area (Å²) in [4.78, 5) is 15.1. The van der Waals surface area contributed by atoms with E-state index in [2.05, 4.69) is 15.5 Å². The number of benzene rings is 1. The van der Waals surface area contributed by atoms with Gasteiger partial charge < -0.3 is 15.4 Å². The minimum atomic E-state index is -0.515. The van der Waals surface area contributed by atoms with Gasteiger partial charge in [0, 0.05) is 24.2 Å². The van der Waals surface area contributed by atoms with E-state index >= 15 is 0 Å². The molecule has 2 aromatic rings. The maximum absolute atomic E-state index is 12.3. The maximum atomic E-state index is 12.3. The quantitative estimate of drug-likeness (QED) is 0.818. The second-order valence-corrected chi connectivity index (χ2v) is 7.96. The summed E-state index contributed by atoms with van der Waals surface area (Å²) < 4.78 is 7.10. The van der Waals surface area contributed by atoms with Crippen LogP contribution in [0.25, 0.3) is 0 Å². The van der Waals surface area contributed by atoms with Gasteiger partial charge in [-0.25, -0.2) is 9.48 Å². The van der Waals surface area contributed by atoms with Crippen LogP contribution in [0.2, 0.25) is 0 Å². The van der Waals surface area contributed by atoms with E-state index in [-0.39, 0.29) is 6.09 Å². The van der Waals surface area contributed by atoms with E-state index in [0.29, 0.717) is 30.4 Å². The molecular weight excluding hydrogens is 340 g/mol. The zero-order valence-electron chi connectivity index (χ0n) is 14.8. The maximum Gasteiger partial charge on any atom is 0.410 e. The Balaban J connectivity index is 1.84. The monoisotopic (exact) mass is 362 g/mol. The van der Waals surface area contributed by atoms with Crippen LogP contribution < -0.4 is 5.73 Å². The highest BCUT2D eigenvalue weighted by molar-refractivity contribution is 7.99. The number of tetrazole rings is 1. The molecule has 0 unspecified atom stereocenters. The third-order valence-corrected chi connectivity index (χ3v) is 4.97. The predicted molar refractivity (Wildman–Crippen MR) is 94.1 cm³/mol. The van der Waals surface area contributed by atoms with Crippen LogP contribution in [-0.2, 0) is 24.8 Å². The first kappa shape index (κ1) is 17.5. The van der Waals surface area contributed by atoms with Gasteiger partial charge in [0.1, 0.15) is 5.60 Å². The lowest BCUT2D eigenvalue weighted by Crippen LogP contribution is -2.40. The van der Waals surface area contributed by atoms with Gasteiger partial charge in [0.2, 0.25) is 5.16 Å². The summed E-state index contributed by atoms with van der Waals surface area (Å²) >= 11 is 1.50. The number of ether oxygens (including phenoxy) is 1. The number of nitrogens with two attached hydrogens (primary N) is 1. The standard InChI is InChI=1S/C16H22N6O2S/c1-16(2,3)24-15(23)22-8-7-10-11(9-22)12(17)5-6-13(10)25-14-18-19-20-21(14)4/h5-6H,7-9,17H2,1-4H3. The minimum Gasteiger partial charge on any atom is -0.444 e. The molecule has 134 valence electrons. The van der Waals surface area contributed by atoms with Crippen LogP contribution in [0.3, 0.4) is 0 Å². The molecule has 0 spiro atoms. The molecule has 25 heavy (non-hydrogen) atoms. The van der Waals surface area contributed by atoms with Crippen LogP contribution in [0.15, 0.2) is 22.2 Å². The van der Waals surface area contributed by atoms with Gasteiger partial charge in [0.05, 0.1) is 6.54 Å². The average molecular weight is 362 g/mol. The highest BCUT2D eigenvalue weighted by Crippen LogP contribution is 2.36. The summed E-state index contributed by atoms with van der Waals surface area (Å²) in [5, 5.41) is 12.2.